The van der Waals surface area contributed by atoms with Gasteiger partial charge < -0.3 is 5.73 Å². The molecule has 1 aromatic rings. The summed E-state index contributed by atoms with van der Waals surface area (Å²) in [5, 5.41) is 4.30. The Morgan fingerprint density at radius 3 is 1.64 bits per heavy atom. The first-order valence-corrected chi connectivity index (χ1v) is 13.1. The Labute approximate surface area is 197 Å². The van der Waals surface area contributed by atoms with E-state index in [9.17, 15) is 14.4 Å². The number of imide groups is 2. The second-order valence-corrected chi connectivity index (χ2v) is 10.3. The van der Waals surface area contributed by atoms with E-state index in [-0.39, 0.29) is 0 Å². The average Bonchev–Trinajstić information content (AvgIpc) is 2.84. The van der Waals surface area contributed by atoms with Gasteiger partial charge >= 0.3 is 12.1 Å². The quantitative estimate of drug-likeness (QED) is 0.495. The third-order valence-electron chi connectivity index (χ3n) is 8.10. The van der Waals surface area contributed by atoms with E-state index < -0.39 is 18.0 Å². The summed E-state index contributed by atoms with van der Waals surface area (Å²) < 4.78 is 0. The number of primary amides is 1. The Morgan fingerprint density at radius 1 is 0.636 bits per heavy atom. The summed E-state index contributed by atoms with van der Waals surface area (Å²) in [7, 11) is 0. The zero-order valence-electron chi connectivity index (χ0n) is 19.8. The van der Waals surface area contributed by atoms with Crippen molar-refractivity contribution >= 4 is 18.0 Å². The van der Waals surface area contributed by atoms with Crippen LogP contribution in [-0.4, -0.2) is 18.0 Å². The van der Waals surface area contributed by atoms with Gasteiger partial charge in [0.05, 0.1) is 0 Å². The molecule has 0 saturated heterocycles. The minimum Gasteiger partial charge on any atom is -0.351 e. The lowest BCUT2D eigenvalue weighted by atomic mass is 9.69. The number of carbonyl (C=O) groups is 3. The molecule has 1 aromatic carbocycles. The standard InChI is InChI=1S/C27H39N3O3/c28-26(32)30-27(33)29-25(31)22-17-16-21(18-10-4-1-5-11-18)23(19-12-6-2-7-13-19)24(22)20-14-8-3-9-15-20/h16-20H,1-15H2,(H4,28,29,30,31,32,33). The summed E-state index contributed by atoms with van der Waals surface area (Å²) in [5.74, 6) is 1.01. The van der Waals surface area contributed by atoms with Crippen LogP contribution in [0.15, 0.2) is 12.1 Å². The first-order chi connectivity index (χ1) is 16.0. The van der Waals surface area contributed by atoms with Crippen molar-refractivity contribution in [2.24, 2.45) is 5.73 Å². The summed E-state index contributed by atoms with van der Waals surface area (Å²) in [4.78, 5) is 36.4. The number of hydrogen-bond acceptors (Lipinski definition) is 3. The van der Waals surface area contributed by atoms with Gasteiger partial charge in [-0.3, -0.25) is 15.4 Å². The van der Waals surface area contributed by atoms with Crippen molar-refractivity contribution in [1.82, 2.24) is 10.6 Å². The lowest BCUT2D eigenvalue weighted by Crippen LogP contribution is -2.45. The zero-order chi connectivity index (χ0) is 23.2. The minimum atomic E-state index is -0.969. The largest absolute Gasteiger partial charge is 0.351 e. The molecular weight excluding hydrogens is 414 g/mol. The molecule has 0 radical (unpaired) electrons. The Hall–Kier alpha value is -2.37. The molecule has 180 valence electrons. The summed E-state index contributed by atoms with van der Waals surface area (Å²) in [6.07, 6.45) is 18.3. The van der Waals surface area contributed by atoms with Crippen molar-refractivity contribution in [2.75, 3.05) is 0 Å². The van der Waals surface area contributed by atoms with Gasteiger partial charge in [-0.25, -0.2) is 9.59 Å². The molecule has 3 fully saturated rings. The lowest BCUT2D eigenvalue weighted by Gasteiger charge is -2.35. The van der Waals surface area contributed by atoms with Crippen LogP contribution in [0.2, 0.25) is 0 Å². The first kappa shape index (κ1) is 23.8. The maximum absolute atomic E-state index is 13.3. The van der Waals surface area contributed by atoms with Gasteiger partial charge in [0, 0.05) is 5.56 Å². The van der Waals surface area contributed by atoms with Crippen molar-refractivity contribution in [3.05, 3.63) is 34.4 Å². The third-order valence-corrected chi connectivity index (χ3v) is 8.10. The fraction of sp³-hybridized carbons (Fsp3) is 0.667. The Morgan fingerprint density at radius 2 is 1.12 bits per heavy atom. The van der Waals surface area contributed by atoms with Crippen LogP contribution in [0.4, 0.5) is 9.59 Å². The van der Waals surface area contributed by atoms with E-state index in [1.54, 1.807) is 0 Å². The number of carbonyl (C=O) groups excluding carboxylic acids is 3. The average molecular weight is 454 g/mol. The zero-order valence-corrected chi connectivity index (χ0v) is 19.8. The first-order valence-electron chi connectivity index (χ1n) is 13.1. The number of urea groups is 2. The summed E-state index contributed by atoms with van der Waals surface area (Å²) >= 11 is 0. The Bertz CT molecular complexity index is 864. The van der Waals surface area contributed by atoms with Gasteiger partial charge in [0.1, 0.15) is 0 Å². The van der Waals surface area contributed by atoms with Crippen molar-refractivity contribution in [2.45, 2.75) is 114 Å². The second kappa shape index (κ2) is 11.2. The number of nitrogens with two attached hydrogens (primary N) is 1. The molecule has 0 bridgehead atoms. The minimum absolute atomic E-state index is 0.360. The molecule has 3 aliphatic rings. The molecule has 0 unspecified atom stereocenters. The monoisotopic (exact) mass is 453 g/mol. The van der Waals surface area contributed by atoms with E-state index in [0.717, 1.165) is 12.8 Å². The van der Waals surface area contributed by atoms with E-state index >= 15 is 0 Å². The predicted octanol–water partition coefficient (Wildman–Crippen LogP) is 6.35. The molecule has 3 saturated carbocycles. The SMILES string of the molecule is NC(=O)NC(=O)NC(=O)c1ccc(C2CCCCC2)c(C2CCCCC2)c1C1CCCCC1. The molecule has 4 rings (SSSR count). The van der Waals surface area contributed by atoms with Gasteiger partial charge in [0.15, 0.2) is 0 Å². The fourth-order valence-electron chi connectivity index (χ4n) is 6.61. The van der Waals surface area contributed by atoms with Crippen LogP contribution in [0.3, 0.4) is 0 Å². The Kier molecular flexibility index (Phi) is 8.05. The molecule has 6 heteroatoms. The van der Waals surface area contributed by atoms with Crippen LogP contribution in [0.1, 0.15) is 141 Å². The molecule has 0 spiro atoms. The second-order valence-electron chi connectivity index (χ2n) is 10.3. The number of benzene rings is 1. The van der Waals surface area contributed by atoms with E-state index in [2.05, 4.69) is 11.4 Å². The predicted molar refractivity (Wildman–Crippen MR) is 130 cm³/mol. The highest BCUT2D eigenvalue weighted by atomic mass is 16.2. The number of rotatable bonds is 4. The summed E-state index contributed by atoms with van der Waals surface area (Å²) in [6, 6.07) is 2.31. The summed E-state index contributed by atoms with van der Waals surface area (Å²) in [6.45, 7) is 0. The van der Waals surface area contributed by atoms with Crippen molar-refractivity contribution in [1.29, 1.82) is 0 Å². The van der Waals surface area contributed by atoms with Crippen LogP contribution in [-0.2, 0) is 0 Å². The number of hydrogen-bond donors (Lipinski definition) is 3. The van der Waals surface area contributed by atoms with Gasteiger partial charge in [0.2, 0.25) is 0 Å². The van der Waals surface area contributed by atoms with E-state index in [1.807, 2.05) is 11.4 Å². The molecule has 0 aliphatic heterocycles. The van der Waals surface area contributed by atoms with Gasteiger partial charge in [-0.1, -0.05) is 63.9 Å². The molecule has 3 aliphatic carbocycles. The molecular formula is C27H39N3O3. The Balaban J connectivity index is 1.79. The topological polar surface area (TPSA) is 101 Å². The van der Waals surface area contributed by atoms with Crippen molar-refractivity contribution < 1.29 is 14.4 Å². The van der Waals surface area contributed by atoms with Gasteiger partial charge in [-0.15, -0.1) is 0 Å². The maximum Gasteiger partial charge on any atom is 0.329 e. The van der Waals surface area contributed by atoms with Gasteiger partial charge in [-0.05, 0) is 79.0 Å². The van der Waals surface area contributed by atoms with Crippen LogP contribution >= 0.6 is 0 Å². The van der Waals surface area contributed by atoms with Crippen LogP contribution in [0.25, 0.3) is 0 Å². The normalized spacial score (nSPS) is 20.8. The molecule has 0 heterocycles. The lowest BCUT2D eigenvalue weighted by molar-refractivity contribution is 0.0963. The smallest absolute Gasteiger partial charge is 0.329 e. The highest BCUT2D eigenvalue weighted by Crippen LogP contribution is 2.47. The van der Waals surface area contributed by atoms with E-state index in [0.29, 0.717) is 23.3 Å². The van der Waals surface area contributed by atoms with Crippen molar-refractivity contribution in [3.63, 3.8) is 0 Å². The van der Waals surface area contributed by atoms with Crippen LogP contribution in [0, 0.1) is 0 Å². The molecule has 5 amide bonds. The van der Waals surface area contributed by atoms with Gasteiger partial charge in [0.25, 0.3) is 5.91 Å². The maximum atomic E-state index is 13.3. The highest BCUT2D eigenvalue weighted by Gasteiger charge is 2.33. The fourth-order valence-corrected chi connectivity index (χ4v) is 6.61. The molecule has 0 aromatic heterocycles. The number of nitrogens with one attached hydrogen (secondary N) is 2. The van der Waals surface area contributed by atoms with Gasteiger partial charge in [-0.2, -0.15) is 0 Å². The van der Waals surface area contributed by atoms with Crippen LogP contribution < -0.4 is 16.4 Å². The van der Waals surface area contributed by atoms with Crippen LogP contribution in [0.5, 0.6) is 0 Å². The molecule has 4 N–H and O–H groups in total. The molecule has 0 atom stereocenters. The molecule has 33 heavy (non-hydrogen) atoms. The highest BCUT2D eigenvalue weighted by molar-refractivity contribution is 6.08. The summed E-state index contributed by atoms with van der Waals surface area (Å²) in [5.41, 5.74) is 9.79. The number of amides is 5. The van der Waals surface area contributed by atoms with E-state index in [1.165, 1.54) is 100 Å². The molecule has 6 nitrogen and oxygen atoms in total. The third kappa shape index (κ3) is 5.77. The van der Waals surface area contributed by atoms with Crippen molar-refractivity contribution in [3.8, 4) is 0 Å². The van der Waals surface area contributed by atoms with E-state index in [4.69, 9.17) is 5.73 Å².